The average molecular weight is 462 g/mol. The van der Waals surface area contributed by atoms with E-state index in [0.29, 0.717) is 26.8 Å². The smallest absolute Gasteiger partial charge is 0.239 e. The highest BCUT2D eigenvalue weighted by Gasteiger charge is 2.19. The van der Waals surface area contributed by atoms with E-state index in [1.54, 1.807) is 25.3 Å². The fourth-order valence-corrected chi connectivity index (χ4v) is 5.02. The number of aromatic nitrogens is 3. The van der Waals surface area contributed by atoms with E-state index < -0.39 is 0 Å². The van der Waals surface area contributed by atoms with Crippen LogP contribution >= 0.6 is 34.4 Å². The number of halogens is 1. The molecular formula is C19H16FN5O2S3. The Morgan fingerprint density at radius 3 is 2.83 bits per heavy atom. The molecule has 30 heavy (non-hydrogen) atoms. The third-order valence-corrected chi connectivity index (χ3v) is 6.74. The zero-order chi connectivity index (χ0) is 20.9. The molecule has 4 aromatic rings. The molecule has 0 aliphatic heterocycles. The molecule has 0 saturated carbocycles. The first-order valence-corrected chi connectivity index (χ1v) is 11.4. The molecule has 7 nitrogen and oxygen atoms in total. The van der Waals surface area contributed by atoms with Crippen molar-refractivity contribution in [1.82, 2.24) is 15.2 Å². The number of hydrogen-bond donors (Lipinski definition) is 2. The molecule has 3 aromatic heterocycles. The summed E-state index contributed by atoms with van der Waals surface area (Å²) in [6, 6.07) is 9.76. The van der Waals surface area contributed by atoms with Crippen LogP contribution in [0.25, 0.3) is 11.3 Å². The van der Waals surface area contributed by atoms with Crippen LogP contribution in [0.2, 0.25) is 0 Å². The highest BCUT2D eigenvalue weighted by molar-refractivity contribution is 8.02. The minimum Gasteiger partial charge on any atom is -0.467 e. The number of thiazole rings is 1. The van der Waals surface area contributed by atoms with Gasteiger partial charge in [0, 0.05) is 10.9 Å². The van der Waals surface area contributed by atoms with Crippen LogP contribution in [-0.2, 0) is 11.3 Å². The lowest BCUT2D eigenvalue weighted by Gasteiger charge is -2.07. The molecule has 0 aliphatic rings. The van der Waals surface area contributed by atoms with Crippen molar-refractivity contribution in [3.8, 4) is 11.3 Å². The number of anilines is 2. The van der Waals surface area contributed by atoms with Crippen LogP contribution < -0.4 is 10.6 Å². The summed E-state index contributed by atoms with van der Waals surface area (Å²) in [7, 11) is 0. The fourth-order valence-electron chi connectivity index (χ4n) is 2.40. The van der Waals surface area contributed by atoms with Crippen LogP contribution in [0.1, 0.15) is 12.7 Å². The summed E-state index contributed by atoms with van der Waals surface area (Å²) in [5.74, 6) is 0.320. The van der Waals surface area contributed by atoms with E-state index in [0.717, 1.165) is 11.3 Å². The standard InChI is InChI=1S/C19H16FN5O2S3/c1-11(29-19-25-24-17(30-19)21-9-14-3-2-8-27-14)16(26)23-18-22-15(10-28-18)12-4-6-13(20)7-5-12/h2-8,10-11H,9H2,1H3,(H,21,24)(H,22,23,26). The quantitative estimate of drug-likeness (QED) is 0.352. The van der Waals surface area contributed by atoms with Gasteiger partial charge in [0.1, 0.15) is 11.6 Å². The topological polar surface area (TPSA) is 92.9 Å². The lowest BCUT2D eigenvalue weighted by Crippen LogP contribution is -2.22. The van der Waals surface area contributed by atoms with Gasteiger partial charge in [0.05, 0.1) is 23.8 Å². The second-order valence-corrected chi connectivity index (χ2v) is 9.52. The zero-order valence-corrected chi connectivity index (χ0v) is 18.1. The van der Waals surface area contributed by atoms with E-state index in [9.17, 15) is 9.18 Å². The number of rotatable bonds is 8. The number of thioether (sulfide) groups is 1. The van der Waals surface area contributed by atoms with Gasteiger partial charge in [-0.25, -0.2) is 9.37 Å². The molecule has 11 heteroatoms. The molecule has 0 aliphatic carbocycles. The van der Waals surface area contributed by atoms with Gasteiger partial charge in [0.15, 0.2) is 9.47 Å². The van der Waals surface area contributed by atoms with Crippen LogP contribution in [0.15, 0.2) is 56.8 Å². The maximum Gasteiger partial charge on any atom is 0.239 e. The number of carbonyl (C=O) groups excluding carboxylic acids is 1. The molecule has 154 valence electrons. The van der Waals surface area contributed by atoms with Crippen molar-refractivity contribution < 1.29 is 13.6 Å². The normalized spacial score (nSPS) is 11.9. The lowest BCUT2D eigenvalue weighted by molar-refractivity contribution is -0.115. The summed E-state index contributed by atoms with van der Waals surface area (Å²) < 4.78 is 19.0. The summed E-state index contributed by atoms with van der Waals surface area (Å²) in [5, 5.41) is 16.7. The molecule has 0 saturated heterocycles. The lowest BCUT2D eigenvalue weighted by atomic mass is 10.2. The van der Waals surface area contributed by atoms with Gasteiger partial charge < -0.3 is 15.1 Å². The summed E-state index contributed by atoms with van der Waals surface area (Å²) in [4.78, 5) is 16.9. The highest BCUT2D eigenvalue weighted by atomic mass is 32.2. The maximum absolute atomic E-state index is 13.1. The van der Waals surface area contributed by atoms with Gasteiger partial charge in [-0.15, -0.1) is 21.5 Å². The number of furan rings is 1. The minimum atomic E-state index is -0.381. The Balaban J connectivity index is 1.30. The number of benzene rings is 1. The van der Waals surface area contributed by atoms with Gasteiger partial charge in [-0.05, 0) is 43.3 Å². The van der Waals surface area contributed by atoms with E-state index in [1.807, 2.05) is 17.5 Å². The van der Waals surface area contributed by atoms with E-state index in [1.165, 1.54) is 46.6 Å². The summed E-state index contributed by atoms with van der Waals surface area (Å²) in [6.07, 6.45) is 1.61. The predicted molar refractivity (Wildman–Crippen MR) is 117 cm³/mol. The van der Waals surface area contributed by atoms with Gasteiger partial charge in [-0.2, -0.15) is 0 Å². The first-order valence-electron chi connectivity index (χ1n) is 8.85. The SMILES string of the molecule is CC(Sc1nnc(NCc2ccco2)s1)C(=O)Nc1nc(-c2ccc(F)cc2)cs1. The number of hydrogen-bond acceptors (Lipinski definition) is 9. The number of nitrogens with zero attached hydrogens (tertiary/aromatic N) is 3. The molecule has 1 unspecified atom stereocenters. The molecular weight excluding hydrogens is 445 g/mol. The van der Waals surface area contributed by atoms with Gasteiger partial charge in [0.2, 0.25) is 11.0 Å². The Labute approximate surface area is 183 Å². The van der Waals surface area contributed by atoms with Crippen LogP contribution in [0.5, 0.6) is 0 Å². The van der Waals surface area contributed by atoms with Crippen molar-refractivity contribution in [3.63, 3.8) is 0 Å². The largest absolute Gasteiger partial charge is 0.467 e. The van der Waals surface area contributed by atoms with Gasteiger partial charge in [0.25, 0.3) is 0 Å². The Kier molecular flexibility index (Phi) is 6.41. The van der Waals surface area contributed by atoms with Gasteiger partial charge in [-0.1, -0.05) is 23.1 Å². The van der Waals surface area contributed by atoms with E-state index in [2.05, 4.69) is 25.8 Å². The van der Waals surface area contributed by atoms with Crippen molar-refractivity contribution in [3.05, 3.63) is 59.6 Å². The molecule has 0 fully saturated rings. The average Bonchev–Trinajstić information content (AvgIpc) is 3.49. The second-order valence-electron chi connectivity index (χ2n) is 6.10. The summed E-state index contributed by atoms with van der Waals surface area (Å²) in [6.45, 7) is 2.31. The Bertz CT molecular complexity index is 1110. The number of nitrogens with one attached hydrogen (secondary N) is 2. The van der Waals surface area contributed by atoms with Crippen molar-refractivity contribution in [2.75, 3.05) is 10.6 Å². The van der Waals surface area contributed by atoms with E-state index >= 15 is 0 Å². The fraction of sp³-hybridized carbons (Fsp3) is 0.158. The Morgan fingerprint density at radius 1 is 1.23 bits per heavy atom. The maximum atomic E-state index is 13.1. The van der Waals surface area contributed by atoms with Crippen LogP contribution in [0, 0.1) is 5.82 Å². The third kappa shape index (κ3) is 5.23. The number of amides is 1. The van der Waals surface area contributed by atoms with Gasteiger partial charge >= 0.3 is 0 Å². The molecule has 4 rings (SSSR count). The second kappa shape index (κ2) is 9.37. The van der Waals surface area contributed by atoms with E-state index in [-0.39, 0.29) is 17.0 Å². The Morgan fingerprint density at radius 2 is 2.07 bits per heavy atom. The van der Waals surface area contributed by atoms with Crippen molar-refractivity contribution in [2.24, 2.45) is 0 Å². The third-order valence-electron chi connectivity index (χ3n) is 3.92. The molecule has 3 heterocycles. The van der Waals surface area contributed by atoms with Gasteiger partial charge in [-0.3, -0.25) is 4.79 Å². The van der Waals surface area contributed by atoms with Crippen LogP contribution in [0.4, 0.5) is 14.7 Å². The molecule has 2 N–H and O–H groups in total. The highest BCUT2D eigenvalue weighted by Crippen LogP contribution is 2.30. The van der Waals surface area contributed by atoms with Crippen LogP contribution in [0.3, 0.4) is 0 Å². The molecule has 0 radical (unpaired) electrons. The van der Waals surface area contributed by atoms with Crippen molar-refractivity contribution in [1.29, 1.82) is 0 Å². The molecule has 1 amide bonds. The molecule has 1 aromatic carbocycles. The van der Waals surface area contributed by atoms with Crippen molar-refractivity contribution in [2.45, 2.75) is 23.1 Å². The number of carbonyl (C=O) groups is 1. The minimum absolute atomic E-state index is 0.180. The summed E-state index contributed by atoms with van der Waals surface area (Å²) >= 11 is 4.02. The van der Waals surface area contributed by atoms with Crippen molar-refractivity contribution >= 4 is 50.6 Å². The molecule has 1 atom stereocenters. The Hall–Kier alpha value is -2.76. The van der Waals surface area contributed by atoms with Crippen LogP contribution in [-0.4, -0.2) is 26.3 Å². The zero-order valence-electron chi connectivity index (χ0n) is 15.7. The molecule has 0 spiro atoms. The molecule has 0 bridgehead atoms. The summed E-state index contributed by atoms with van der Waals surface area (Å²) in [5.41, 5.74) is 1.48. The van der Waals surface area contributed by atoms with E-state index in [4.69, 9.17) is 4.42 Å². The first-order chi connectivity index (χ1) is 14.6. The monoisotopic (exact) mass is 461 g/mol. The predicted octanol–water partition coefficient (Wildman–Crippen LogP) is 5.13. The first kappa shape index (κ1) is 20.5.